The molecular weight excluding hydrogens is 309 g/mol. The molecule has 0 saturated heterocycles. The number of carbonyl (C=O) groups excluding carboxylic acids is 1. The SMILES string of the molecule is CCC(C(=O)OP)C(CCc1ccc(C)cc1)OPP. The summed E-state index contributed by atoms with van der Waals surface area (Å²) in [5.41, 5.74) is 2.52. The van der Waals surface area contributed by atoms with Crippen molar-refractivity contribution in [2.75, 3.05) is 0 Å². The first-order valence-corrected chi connectivity index (χ1v) is 9.88. The molecule has 20 heavy (non-hydrogen) atoms. The molecular formula is C14H23O3P3. The van der Waals surface area contributed by atoms with Gasteiger partial charge in [0.15, 0.2) is 0 Å². The zero-order chi connectivity index (χ0) is 15.0. The monoisotopic (exact) mass is 332 g/mol. The molecule has 112 valence electrons. The average Bonchev–Trinajstić information content (AvgIpc) is 2.46. The van der Waals surface area contributed by atoms with Crippen LogP contribution in [0.25, 0.3) is 0 Å². The van der Waals surface area contributed by atoms with Gasteiger partial charge >= 0.3 is 5.97 Å². The molecule has 6 heteroatoms. The van der Waals surface area contributed by atoms with Crippen molar-refractivity contribution in [3.8, 4) is 0 Å². The normalized spacial score (nSPS) is 14.4. The summed E-state index contributed by atoms with van der Waals surface area (Å²) >= 11 is 0. The second kappa shape index (κ2) is 9.80. The summed E-state index contributed by atoms with van der Waals surface area (Å²) in [7, 11) is 4.89. The second-order valence-corrected chi connectivity index (χ2v) is 6.16. The number of rotatable bonds is 8. The average molecular weight is 332 g/mol. The van der Waals surface area contributed by atoms with E-state index in [1.165, 1.54) is 11.1 Å². The fraction of sp³-hybridized carbons (Fsp3) is 0.500. The van der Waals surface area contributed by atoms with E-state index in [2.05, 4.69) is 40.1 Å². The fourth-order valence-corrected chi connectivity index (χ4v) is 3.32. The molecule has 0 amide bonds. The minimum absolute atomic E-state index is 0.0924. The van der Waals surface area contributed by atoms with Crippen molar-refractivity contribution in [3.05, 3.63) is 35.4 Å². The number of hydrogen-bond acceptors (Lipinski definition) is 3. The molecule has 1 aromatic carbocycles. The summed E-state index contributed by atoms with van der Waals surface area (Å²) in [5.74, 6) is -0.416. The Labute approximate surface area is 127 Å². The summed E-state index contributed by atoms with van der Waals surface area (Å²) in [6.07, 6.45) is 2.36. The molecule has 0 aliphatic carbocycles. The Hall–Kier alpha value is -0.0600. The highest BCUT2D eigenvalue weighted by Crippen LogP contribution is 2.31. The van der Waals surface area contributed by atoms with Crippen molar-refractivity contribution in [1.82, 2.24) is 0 Å². The lowest BCUT2D eigenvalue weighted by Gasteiger charge is -2.23. The third-order valence-electron chi connectivity index (χ3n) is 3.37. The van der Waals surface area contributed by atoms with Crippen LogP contribution in [0.3, 0.4) is 0 Å². The number of carbonyl (C=O) groups is 1. The topological polar surface area (TPSA) is 35.5 Å². The number of hydrogen-bond donors (Lipinski definition) is 0. The predicted octanol–water partition coefficient (Wildman–Crippen LogP) is 4.06. The van der Waals surface area contributed by atoms with E-state index in [1.54, 1.807) is 0 Å². The first kappa shape index (κ1) is 18.0. The molecule has 0 aromatic heterocycles. The first-order valence-electron chi connectivity index (χ1n) is 6.69. The van der Waals surface area contributed by atoms with E-state index in [0.717, 1.165) is 19.3 Å². The van der Waals surface area contributed by atoms with Gasteiger partial charge < -0.3 is 9.05 Å². The predicted molar refractivity (Wildman–Crippen MR) is 92.0 cm³/mol. The van der Waals surface area contributed by atoms with Gasteiger partial charge in [-0.05, 0) is 31.7 Å². The first-order chi connectivity index (χ1) is 9.62. The second-order valence-electron chi connectivity index (χ2n) is 4.75. The van der Waals surface area contributed by atoms with Gasteiger partial charge in [-0.2, -0.15) is 0 Å². The maximum Gasteiger partial charge on any atom is 0.313 e. The van der Waals surface area contributed by atoms with Crippen molar-refractivity contribution >= 4 is 32.9 Å². The highest BCUT2D eigenvalue weighted by atomic mass is 32.0. The van der Waals surface area contributed by atoms with E-state index in [9.17, 15) is 4.79 Å². The molecule has 5 unspecified atom stereocenters. The molecule has 0 heterocycles. The van der Waals surface area contributed by atoms with Gasteiger partial charge in [-0.1, -0.05) is 45.7 Å². The van der Waals surface area contributed by atoms with Crippen LogP contribution in [-0.4, -0.2) is 12.1 Å². The molecule has 0 spiro atoms. The third-order valence-corrected chi connectivity index (χ3v) is 4.44. The Morgan fingerprint density at radius 2 is 2.00 bits per heavy atom. The standard InChI is InChI=1S/C14H23O3P3/c1-3-12(14(15)16-18)13(17-20-19)9-8-11-6-4-10(2)5-7-11/h4-7,12-13,20H,3,8-9,18-19H2,1-2H3. The molecule has 3 nitrogen and oxygen atoms in total. The van der Waals surface area contributed by atoms with Crippen molar-refractivity contribution in [3.63, 3.8) is 0 Å². The summed E-state index contributed by atoms with van der Waals surface area (Å²) in [6, 6.07) is 8.47. The van der Waals surface area contributed by atoms with Crippen LogP contribution in [0.15, 0.2) is 24.3 Å². The zero-order valence-electron chi connectivity index (χ0n) is 12.0. The van der Waals surface area contributed by atoms with E-state index in [1.807, 2.05) is 16.4 Å². The van der Waals surface area contributed by atoms with Crippen LogP contribution < -0.4 is 0 Å². The molecule has 0 aliphatic rings. The largest absolute Gasteiger partial charge is 0.451 e. The fourth-order valence-electron chi connectivity index (χ4n) is 2.16. The smallest absolute Gasteiger partial charge is 0.313 e. The molecule has 0 N–H and O–H groups in total. The van der Waals surface area contributed by atoms with Crippen molar-refractivity contribution in [2.24, 2.45) is 5.92 Å². The van der Waals surface area contributed by atoms with Crippen LogP contribution in [0, 0.1) is 12.8 Å². The Bertz CT molecular complexity index is 409. The highest BCUT2D eigenvalue weighted by molar-refractivity contribution is 8.00. The number of benzene rings is 1. The molecule has 0 aliphatic heterocycles. The Kier molecular flexibility index (Phi) is 8.82. The maximum absolute atomic E-state index is 11.8. The Balaban J connectivity index is 2.66. The highest BCUT2D eigenvalue weighted by Gasteiger charge is 2.28. The molecule has 0 fully saturated rings. The van der Waals surface area contributed by atoms with Gasteiger partial charge in [-0.25, -0.2) is 0 Å². The van der Waals surface area contributed by atoms with E-state index < -0.39 is 0 Å². The lowest BCUT2D eigenvalue weighted by atomic mass is 9.94. The van der Waals surface area contributed by atoms with Gasteiger partial charge in [-0.3, -0.25) is 4.79 Å². The molecule has 0 radical (unpaired) electrons. The van der Waals surface area contributed by atoms with Crippen molar-refractivity contribution in [2.45, 2.75) is 39.2 Å². The number of aryl methyl sites for hydroxylation is 2. The van der Waals surface area contributed by atoms with Crippen molar-refractivity contribution in [1.29, 1.82) is 0 Å². The van der Waals surface area contributed by atoms with E-state index in [-0.39, 0.29) is 18.0 Å². The lowest BCUT2D eigenvalue weighted by Crippen LogP contribution is -2.29. The Morgan fingerprint density at radius 1 is 1.35 bits per heavy atom. The van der Waals surface area contributed by atoms with Crippen LogP contribution in [0.4, 0.5) is 0 Å². The molecule has 0 saturated carbocycles. The minimum atomic E-state index is -0.213. The molecule has 0 bridgehead atoms. The van der Waals surface area contributed by atoms with Gasteiger partial charge in [0.05, 0.1) is 21.5 Å². The van der Waals surface area contributed by atoms with Gasteiger partial charge in [0.1, 0.15) is 0 Å². The molecule has 1 rings (SSSR count). The van der Waals surface area contributed by atoms with Crippen molar-refractivity contribution < 1.29 is 13.8 Å². The van der Waals surface area contributed by atoms with E-state index in [4.69, 9.17) is 9.05 Å². The van der Waals surface area contributed by atoms with Crippen LogP contribution in [-0.2, 0) is 20.3 Å². The van der Waals surface area contributed by atoms with Gasteiger partial charge in [0, 0.05) is 8.50 Å². The molecule has 1 aromatic rings. The van der Waals surface area contributed by atoms with Crippen LogP contribution in [0.5, 0.6) is 0 Å². The lowest BCUT2D eigenvalue weighted by molar-refractivity contribution is -0.141. The summed E-state index contributed by atoms with van der Waals surface area (Å²) in [6.45, 7) is 4.06. The maximum atomic E-state index is 11.8. The zero-order valence-corrected chi connectivity index (χ0v) is 15.3. The van der Waals surface area contributed by atoms with Gasteiger partial charge in [0.2, 0.25) is 0 Å². The minimum Gasteiger partial charge on any atom is -0.451 e. The van der Waals surface area contributed by atoms with Gasteiger partial charge in [-0.15, -0.1) is 0 Å². The van der Waals surface area contributed by atoms with Gasteiger partial charge in [0.25, 0.3) is 0 Å². The summed E-state index contributed by atoms with van der Waals surface area (Å²) in [4.78, 5) is 11.8. The van der Waals surface area contributed by atoms with E-state index >= 15 is 0 Å². The quantitative estimate of drug-likeness (QED) is 0.674. The molecule has 5 atom stereocenters. The van der Waals surface area contributed by atoms with Crippen LogP contribution >= 0.6 is 26.9 Å². The van der Waals surface area contributed by atoms with E-state index in [0.29, 0.717) is 8.50 Å². The third kappa shape index (κ3) is 5.74. The van der Waals surface area contributed by atoms with Crippen LogP contribution in [0.1, 0.15) is 30.9 Å². The summed E-state index contributed by atoms with van der Waals surface area (Å²) < 4.78 is 10.5. The summed E-state index contributed by atoms with van der Waals surface area (Å²) in [5, 5.41) is 0. The Morgan fingerprint density at radius 3 is 2.50 bits per heavy atom. The van der Waals surface area contributed by atoms with Crippen LogP contribution in [0.2, 0.25) is 0 Å².